The van der Waals surface area contributed by atoms with Gasteiger partial charge in [0.25, 0.3) is 0 Å². The Morgan fingerprint density at radius 2 is 2.30 bits per heavy atom. The fourth-order valence-corrected chi connectivity index (χ4v) is 2.47. The zero-order valence-electron chi connectivity index (χ0n) is 10.5. The average molecular weight is 293 g/mol. The van der Waals surface area contributed by atoms with Crippen molar-refractivity contribution in [3.8, 4) is 0 Å². The number of aliphatic imine (C=N–C) groups is 1. The van der Waals surface area contributed by atoms with Crippen molar-refractivity contribution < 1.29 is 0 Å². The van der Waals surface area contributed by atoms with Crippen LogP contribution in [-0.2, 0) is 0 Å². The molecule has 1 aromatic rings. The van der Waals surface area contributed by atoms with Gasteiger partial charge in [0.15, 0.2) is 5.17 Å². The van der Waals surface area contributed by atoms with Crippen molar-refractivity contribution in [3.05, 3.63) is 23.8 Å². The summed E-state index contributed by atoms with van der Waals surface area (Å²) < 4.78 is 1.96. The fraction of sp³-hybridized carbons (Fsp3) is 0.364. The SMILES string of the molecule is NC1=C2C(Cl)=NNC2NC(Nc2cnn(C3CC3)c2)=N1. The zero-order chi connectivity index (χ0) is 13.7. The Morgan fingerprint density at radius 1 is 1.45 bits per heavy atom. The van der Waals surface area contributed by atoms with E-state index in [-0.39, 0.29) is 6.17 Å². The molecule has 104 valence electrons. The Hall–Kier alpha value is -2.22. The molecule has 2 aliphatic heterocycles. The third kappa shape index (κ3) is 1.88. The minimum atomic E-state index is -0.249. The quantitative estimate of drug-likeness (QED) is 0.625. The van der Waals surface area contributed by atoms with Crippen LogP contribution in [-0.4, -0.2) is 27.1 Å². The number of halogens is 1. The van der Waals surface area contributed by atoms with E-state index in [1.54, 1.807) is 6.20 Å². The maximum Gasteiger partial charge on any atom is 0.204 e. The molecule has 0 amide bonds. The predicted octanol–water partition coefficient (Wildman–Crippen LogP) is 0.241. The summed E-state index contributed by atoms with van der Waals surface area (Å²) in [7, 11) is 0. The van der Waals surface area contributed by atoms with Crippen LogP contribution in [0.3, 0.4) is 0 Å². The fourth-order valence-electron chi connectivity index (χ4n) is 2.21. The first-order valence-electron chi connectivity index (χ1n) is 6.36. The van der Waals surface area contributed by atoms with E-state index >= 15 is 0 Å². The maximum atomic E-state index is 5.94. The van der Waals surface area contributed by atoms with Gasteiger partial charge in [-0.15, -0.1) is 0 Å². The van der Waals surface area contributed by atoms with Crippen LogP contribution >= 0.6 is 11.6 Å². The number of hydrogen-bond donors (Lipinski definition) is 4. The highest BCUT2D eigenvalue weighted by molar-refractivity contribution is 6.70. The second-order valence-corrected chi connectivity index (χ2v) is 5.29. The van der Waals surface area contributed by atoms with E-state index in [1.807, 2.05) is 10.9 Å². The molecule has 3 heterocycles. The molecule has 0 aromatic carbocycles. The van der Waals surface area contributed by atoms with Gasteiger partial charge in [-0.05, 0) is 12.8 Å². The normalized spacial score (nSPS) is 24.6. The molecule has 1 aliphatic carbocycles. The second kappa shape index (κ2) is 4.14. The highest BCUT2D eigenvalue weighted by atomic mass is 35.5. The van der Waals surface area contributed by atoms with Crippen molar-refractivity contribution in [2.45, 2.75) is 25.0 Å². The van der Waals surface area contributed by atoms with E-state index in [0.717, 1.165) is 5.69 Å². The van der Waals surface area contributed by atoms with E-state index < -0.39 is 0 Å². The smallest absolute Gasteiger partial charge is 0.204 e. The molecule has 1 fully saturated rings. The van der Waals surface area contributed by atoms with E-state index in [4.69, 9.17) is 17.3 Å². The molecule has 1 unspecified atom stereocenters. The summed E-state index contributed by atoms with van der Waals surface area (Å²) in [5.41, 5.74) is 10.3. The number of nitrogens with zero attached hydrogens (tertiary/aromatic N) is 4. The molecule has 0 saturated heterocycles. The van der Waals surface area contributed by atoms with Crippen LogP contribution in [0.2, 0.25) is 0 Å². The summed E-state index contributed by atoms with van der Waals surface area (Å²) in [6.07, 6.45) is 5.87. The second-order valence-electron chi connectivity index (χ2n) is 4.93. The van der Waals surface area contributed by atoms with E-state index in [9.17, 15) is 0 Å². The van der Waals surface area contributed by atoms with Gasteiger partial charge >= 0.3 is 0 Å². The molecule has 3 aliphatic rings. The lowest BCUT2D eigenvalue weighted by atomic mass is 10.2. The van der Waals surface area contributed by atoms with Crippen LogP contribution < -0.4 is 21.8 Å². The van der Waals surface area contributed by atoms with Gasteiger partial charge in [-0.1, -0.05) is 11.6 Å². The number of rotatable bonds is 2. The van der Waals surface area contributed by atoms with Crippen molar-refractivity contribution >= 4 is 28.4 Å². The lowest BCUT2D eigenvalue weighted by Crippen LogP contribution is -2.48. The van der Waals surface area contributed by atoms with E-state index in [1.165, 1.54) is 12.8 Å². The highest BCUT2D eigenvalue weighted by Crippen LogP contribution is 2.34. The third-order valence-electron chi connectivity index (χ3n) is 3.38. The molecule has 5 N–H and O–H groups in total. The summed E-state index contributed by atoms with van der Waals surface area (Å²) in [6, 6.07) is 0.548. The monoisotopic (exact) mass is 292 g/mol. The number of fused-ring (bicyclic) bond motifs is 1. The molecule has 9 heteroatoms. The lowest BCUT2D eigenvalue weighted by molar-refractivity contribution is 0.593. The average Bonchev–Trinajstić information content (AvgIpc) is 3.05. The molecule has 1 aromatic heterocycles. The highest BCUT2D eigenvalue weighted by Gasteiger charge is 2.31. The minimum absolute atomic E-state index is 0.249. The summed E-state index contributed by atoms with van der Waals surface area (Å²) >= 11 is 5.94. The molecule has 20 heavy (non-hydrogen) atoms. The van der Waals surface area contributed by atoms with Crippen LogP contribution in [0.5, 0.6) is 0 Å². The molecule has 8 nitrogen and oxygen atoms in total. The summed E-state index contributed by atoms with van der Waals surface area (Å²) in [6.45, 7) is 0. The van der Waals surface area contributed by atoms with Gasteiger partial charge in [0, 0.05) is 6.20 Å². The molecule has 0 bridgehead atoms. The van der Waals surface area contributed by atoms with Crippen molar-refractivity contribution in [2.24, 2.45) is 15.8 Å². The van der Waals surface area contributed by atoms with Gasteiger partial charge in [0.05, 0.1) is 23.5 Å². The first-order valence-corrected chi connectivity index (χ1v) is 6.73. The van der Waals surface area contributed by atoms with Crippen LogP contribution in [0, 0.1) is 0 Å². The lowest BCUT2D eigenvalue weighted by Gasteiger charge is -2.22. The van der Waals surface area contributed by atoms with Crippen molar-refractivity contribution in [2.75, 3.05) is 5.32 Å². The Labute approximate surface area is 119 Å². The van der Waals surface area contributed by atoms with E-state index in [2.05, 4.69) is 31.3 Å². The van der Waals surface area contributed by atoms with Gasteiger partial charge in [-0.25, -0.2) is 0 Å². The maximum absolute atomic E-state index is 5.94. The van der Waals surface area contributed by atoms with Gasteiger partial charge < -0.3 is 16.4 Å². The molecule has 1 saturated carbocycles. The number of hydrazone groups is 1. The molecule has 0 spiro atoms. The number of anilines is 1. The largest absolute Gasteiger partial charge is 0.383 e. The number of guanidine groups is 1. The van der Waals surface area contributed by atoms with Gasteiger partial charge in [-0.3, -0.25) is 10.1 Å². The Balaban J connectivity index is 1.54. The van der Waals surface area contributed by atoms with Crippen LogP contribution in [0.1, 0.15) is 18.9 Å². The first kappa shape index (κ1) is 11.6. The van der Waals surface area contributed by atoms with Crippen LogP contribution in [0.25, 0.3) is 0 Å². The Kier molecular flexibility index (Phi) is 2.40. The molecular weight excluding hydrogens is 280 g/mol. The van der Waals surface area contributed by atoms with Gasteiger partial charge in [0.2, 0.25) is 5.96 Å². The van der Waals surface area contributed by atoms with Gasteiger partial charge in [0.1, 0.15) is 12.0 Å². The van der Waals surface area contributed by atoms with Crippen LogP contribution in [0.15, 0.2) is 33.9 Å². The molecular formula is C11H13ClN8. The zero-order valence-corrected chi connectivity index (χ0v) is 11.2. The number of hydrogen-bond acceptors (Lipinski definition) is 7. The Morgan fingerprint density at radius 3 is 3.10 bits per heavy atom. The van der Waals surface area contributed by atoms with Crippen LogP contribution in [0.4, 0.5) is 5.69 Å². The molecule has 4 rings (SSSR count). The summed E-state index contributed by atoms with van der Waals surface area (Å²) in [5, 5.41) is 14.9. The number of aromatic nitrogens is 2. The molecule has 0 radical (unpaired) electrons. The summed E-state index contributed by atoms with van der Waals surface area (Å²) in [4.78, 5) is 4.25. The number of nitrogens with one attached hydrogen (secondary N) is 3. The summed E-state index contributed by atoms with van der Waals surface area (Å²) in [5.74, 6) is 0.894. The first-order chi connectivity index (χ1) is 9.70. The number of nitrogens with two attached hydrogens (primary N) is 1. The standard InChI is InChI=1S/C11H13ClN8/c12-8-7-9(13)16-11(17-10(7)19-18-8)15-5-3-14-20(4-5)6-1-2-6/h3-4,6,10,19H,1-2,13H2,(H2,15,16,17). The van der Waals surface area contributed by atoms with Gasteiger partial charge in [-0.2, -0.15) is 15.2 Å². The van der Waals surface area contributed by atoms with Crippen molar-refractivity contribution in [1.29, 1.82) is 0 Å². The predicted molar refractivity (Wildman–Crippen MR) is 76.1 cm³/mol. The van der Waals surface area contributed by atoms with E-state index in [0.29, 0.717) is 28.6 Å². The molecule has 1 atom stereocenters. The van der Waals surface area contributed by atoms with Crippen molar-refractivity contribution in [1.82, 2.24) is 20.5 Å². The topological polar surface area (TPSA) is 105 Å². The Bertz CT molecular complexity index is 653. The third-order valence-corrected chi connectivity index (χ3v) is 3.67. The van der Waals surface area contributed by atoms with Crippen molar-refractivity contribution in [3.63, 3.8) is 0 Å². The minimum Gasteiger partial charge on any atom is -0.383 e.